The van der Waals surface area contributed by atoms with E-state index in [9.17, 15) is 39.0 Å². The van der Waals surface area contributed by atoms with Crippen molar-refractivity contribution in [3.05, 3.63) is 126 Å². The summed E-state index contributed by atoms with van der Waals surface area (Å²) in [5, 5.41) is 23.9. The first-order chi connectivity index (χ1) is 41.6. The third-order valence-corrected chi connectivity index (χ3v) is 19.7. The van der Waals surface area contributed by atoms with Gasteiger partial charge in [0.05, 0.1) is 58.0 Å². The molecule has 2 aromatic carbocycles. The molecule has 2 amide bonds. The van der Waals surface area contributed by atoms with E-state index in [1.54, 1.807) is 58.2 Å². The average Bonchev–Trinajstić information content (AvgIpc) is 1.70. The second kappa shape index (κ2) is 22.8. The Hall–Kier alpha value is -7.78. The molecule has 0 bridgehead atoms. The number of amides is 2. The number of aryl methyl sites for hydroxylation is 1. The number of cyclic esters (lactones) is 2. The number of aromatic nitrogens is 4. The molecule has 20 nitrogen and oxygen atoms in total. The number of carbonyl (C=O) groups excluding carboxylic acids is 4. The van der Waals surface area contributed by atoms with Gasteiger partial charge in [0, 0.05) is 82.4 Å². The molecule has 0 aliphatic carbocycles. The Balaban J connectivity index is 0.000000160. The predicted molar refractivity (Wildman–Crippen MR) is 320 cm³/mol. The van der Waals surface area contributed by atoms with Gasteiger partial charge in [0.1, 0.15) is 24.7 Å². The molecule has 4 fully saturated rings. The SMILES string of the molecule is C=CCc1c(OC(=O)N2CCC(N3CCCCC3)CC2)ccc2nc3c(cc12)Cn1c-3cc2c(c1=O)COC(=O)[C@]2(O)CC.CC[C@@]1(O)C(=O)OCc2c1cc1n(c2=O)Cc2cc3c(C)c(OC(=O)N4CCC(N5CCCCC5)CC4)ccc3nc2-1. The van der Waals surface area contributed by atoms with Crippen molar-refractivity contribution < 1.29 is 48.3 Å². The standard InChI is InChI=1S/C34H38N4O6.C32H36N4O6/c1-3-8-23-24-17-21-19-38-28(18-26-25(31(38)39)20-43-32(40)34(26,42)4-2)30(21)35-27(24)9-10-29(23)44-33(41)37-15-11-22(12-16-37)36-13-6-5-7-14-36;1-3-32(40)24-16-26-28-20(17-36(26)29(37)23(24)18-41-30(32)38)15-22-19(2)27(8-7-25(22)33-28)42-31(39)35-13-9-21(10-14-35)34-11-5-4-6-12-34/h3,9-10,17-18,22,42H,1,4-8,11-16,19-20H2,2H3;7-8,15-16,21,40H,3-6,9-14,17-18H2,1-2H3/t34-;32-/m00/s1. The maximum atomic E-state index is 13.5. The van der Waals surface area contributed by atoms with Crippen LogP contribution in [0.5, 0.6) is 11.5 Å². The lowest BCUT2D eigenvalue weighted by molar-refractivity contribution is -0.172. The van der Waals surface area contributed by atoms with Gasteiger partial charge in [-0.05, 0) is 152 Å². The molecule has 14 rings (SSSR count). The first-order valence-corrected chi connectivity index (χ1v) is 30.9. The fourth-order valence-corrected chi connectivity index (χ4v) is 14.5. The van der Waals surface area contributed by atoms with Gasteiger partial charge in [-0.2, -0.15) is 0 Å². The van der Waals surface area contributed by atoms with Crippen molar-refractivity contribution in [2.24, 2.45) is 0 Å². The predicted octanol–water partition coefficient (Wildman–Crippen LogP) is 8.09. The van der Waals surface area contributed by atoms with E-state index < -0.39 is 23.1 Å². The van der Waals surface area contributed by atoms with Crippen molar-refractivity contribution in [2.45, 2.75) is 154 Å². The minimum absolute atomic E-state index is 0.0859. The molecule has 6 aromatic rings. The van der Waals surface area contributed by atoms with Crippen LogP contribution >= 0.6 is 0 Å². The van der Waals surface area contributed by atoms with Gasteiger partial charge >= 0.3 is 24.1 Å². The zero-order valence-corrected chi connectivity index (χ0v) is 49.3. The number of rotatable bonds is 8. The van der Waals surface area contributed by atoms with Gasteiger partial charge in [0.15, 0.2) is 11.2 Å². The van der Waals surface area contributed by atoms with Crippen LogP contribution < -0.4 is 20.6 Å². The highest BCUT2D eigenvalue weighted by Gasteiger charge is 2.47. The third kappa shape index (κ3) is 9.85. The second-order valence-electron chi connectivity index (χ2n) is 24.4. The lowest BCUT2D eigenvalue weighted by Gasteiger charge is -2.39. The van der Waals surface area contributed by atoms with Crippen LogP contribution in [0.15, 0.2) is 70.8 Å². The van der Waals surface area contributed by atoms with Crippen LogP contribution in [0.3, 0.4) is 0 Å². The van der Waals surface area contributed by atoms with Crippen LogP contribution in [0.1, 0.15) is 135 Å². The number of benzene rings is 2. The first kappa shape index (κ1) is 57.3. The number of hydrogen-bond acceptors (Lipinski definition) is 16. The summed E-state index contributed by atoms with van der Waals surface area (Å²) in [7, 11) is 0. The third-order valence-electron chi connectivity index (χ3n) is 19.7. The number of fused-ring (bicyclic) bond motifs is 10. The van der Waals surface area contributed by atoms with E-state index in [-0.39, 0.29) is 60.5 Å². The van der Waals surface area contributed by atoms with E-state index in [1.165, 1.54) is 51.6 Å². The molecule has 8 aliphatic rings. The zero-order valence-electron chi connectivity index (χ0n) is 49.3. The van der Waals surface area contributed by atoms with Gasteiger partial charge in [-0.3, -0.25) is 9.59 Å². The minimum atomic E-state index is -1.87. The number of nitrogens with zero attached hydrogens (tertiary/aromatic N) is 8. The molecular weight excluding hydrogens is 1100 g/mol. The van der Waals surface area contributed by atoms with E-state index in [0.29, 0.717) is 114 Å². The summed E-state index contributed by atoms with van der Waals surface area (Å²) in [5.41, 5.74) is 3.92. The van der Waals surface area contributed by atoms with Crippen molar-refractivity contribution >= 4 is 45.9 Å². The number of aliphatic hydroxyl groups is 2. The normalized spacial score (nSPS) is 22.2. The van der Waals surface area contributed by atoms with Gasteiger partial charge in [-0.25, -0.2) is 29.1 Å². The number of likely N-dealkylation sites (tertiary alicyclic amines) is 4. The highest BCUT2D eigenvalue weighted by molar-refractivity contribution is 5.92. The number of hydrogen-bond donors (Lipinski definition) is 2. The minimum Gasteiger partial charge on any atom is -0.458 e. The fourth-order valence-electron chi connectivity index (χ4n) is 14.5. The highest BCUT2D eigenvalue weighted by Crippen LogP contribution is 2.43. The second-order valence-corrected chi connectivity index (χ2v) is 24.4. The Bertz CT molecular complexity index is 3900. The molecule has 8 aliphatic heterocycles. The Morgan fingerprint density at radius 1 is 0.616 bits per heavy atom. The molecule has 4 aromatic heterocycles. The van der Waals surface area contributed by atoms with Crippen LogP contribution in [0.2, 0.25) is 0 Å². The van der Waals surface area contributed by atoms with Crippen LogP contribution in [0.4, 0.5) is 9.59 Å². The maximum absolute atomic E-state index is 13.5. The molecule has 0 radical (unpaired) electrons. The van der Waals surface area contributed by atoms with Crippen molar-refractivity contribution in [1.82, 2.24) is 38.7 Å². The maximum Gasteiger partial charge on any atom is 0.415 e. The Morgan fingerprint density at radius 2 is 1.05 bits per heavy atom. The lowest BCUT2D eigenvalue weighted by Crippen LogP contribution is -2.48. The molecule has 0 unspecified atom stereocenters. The summed E-state index contributed by atoms with van der Waals surface area (Å²) in [4.78, 5) is 96.9. The van der Waals surface area contributed by atoms with Crippen molar-refractivity contribution in [1.29, 1.82) is 0 Å². The number of piperidine rings is 4. The summed E-state index contributed by atoms with van der Waals surface area (Å²) in [5.74, 6) is -0.506. The van der Waals surface area contributed by atoms with E-state index >= 15 is 0 Å². The van der Waals surface area contributed by atoms with E-state index in [1.807, 2.05) is 36.1 Å². The van der Waals surface area contributed by atoms with E-state index in [4.69, 9.17) is 28.9 Å². The average molecular weight is 1170 g/mol. The van der Waals surface area contributed by atoms with Gasteiger partial charge < -0.3 is 57.9 Å². The summed E-state index contributed by atoms with van der Waals surface area (Å²) in [6.07, 6.45) is 13.3. The number of allylic oxidation sites excluding steroid dienone is 1. The van der Waals surface area contributed by atoms with Crippen LogP contribution in [-0.2, 0) is 63.0 Å². The monoisotopic (exact) mass is 1170 g/mol. The Kier molecular flexibility index (Phi) is 15.2. The molecule has 4 saturated heterocycles. The smallest absolute Gasteiger partial charge is 0.415 e. The quantitative estimate of drug-likeness (QED) is 0.108. The van der Waals surface area contributed by atoms with Crippen LogP contribution in [0, 0.1) is 6.92 Å². The number of esters is 2. The zero-order chi connectivity index (χ0) is 59.8. The summed E-state index contributed by atoms with van der Waals surface area (Å²) in [6, 6.07) is 15.7. The molecule has 12 heterocycles. The molecule has 86 heavy (non-hydrogen) atoms. The van der Waals surface area contributed by atoms with Gasteiger partial charge in [-0.15, -0.1) is 6.58 Å². The van der Waals surface area contributed by atoms with E-state index in [0.717, 1.165) is 71.8 Å². The number of carbonyl (C=O) groups is 4. The molecule has 450 valence electrons. The van der Waals surface area contributed by atoms with Crippen molar-refractivity contribution in [3.63, 3.8) is 0 Å². The van der Waals surface area contributed by atoms with Gasteiger partial charge in [-0.1, -0.05) is 32.8 Å². The van der Waals surface area contributed by atoms with Gasteiger partial charge in [0.2, 0.25) is 0 Å². The summed E-state index contributed by atoms with van der Waals surface area (Å²) >= 11 is 0. The molecule has 20 heteroatoms. The molecular formula is C66H74N8O12. The topological polar surface area (TPSA) is 228 Å². The number of ether oxygens (including phenoxy) is 4. The Labute approximate surface area is 497 Å². The molecule has 2 atom stereocenters. The largest absolute Gasteiger partial charge is 0.458 e. The van der Waals surface area contributed by atoms with Gasteiger partial charge in [0.25, 0.3) is 11.1 Å². The highest BCUT2D eigenvalue weighted by atomic mass is 16.6. The van der Waals surface area contributed by atoms with Crippen molar-refractivity contribution in [3.8, 4) is 34.3 Å². The summed E-state index contributed by atoms with van der Waals surface area (Å²) in [6.45, 7) is 16.9. The molecule has 0 saturated carbocycles. The molecule has 2 N–H and O–H groups in total. The molecule has 0 spiro atoms. The van der Waals surface area contributed by atoms with Crippen molar-refractivity contribution in [2.75, 3.05) is 52.4 Å². The first-order valence-electron chi connectivity index (χ1n) is 30.9. The fraction of sp³-hybridized carbons (Fsp3) is 0.485. The summed E-state index contributed by atoms with van der Waals surface area (Å²) < 4.78 is 25.5. The van der Waals surface area contributed by atoms with Crippen LogP contribution in [0.25, 0.3) is 44.6 Å². The van der Waals surface area contributed by atoms with E-state index in [2.05, 4.69) is 16.4 Å². The Morgan fingerprint density at radius 3 is 1.50 bits per heavy atom. The lowest BCUT2D eigenvalue weighted by atomic mass is 9.86. The van der Waals surface area contributed by atoms with Crippen LogP contribution in [-0.4, -0.2) is 137 Å². The number of pyridine rings is 4.